The van der Waals surface area contributed by atoms with Crippen molar-refractivity contribution in [1.82, 2.24) is 0 Å². The predicted molar refractivity (Wildman–Crippen MR) is 102 cm³/mol. The Kier molecular flexibility index (Phi) is 4.21. The molecule has 1 aromatic heterocycles. The second kappa shape index (κ2) is 6.49. The van der Waals surface area contributed by atoms with Gasteiger partial charge in [0.2, 0.25) is 0 Å². The minimum Gasteiger partial charge on any atom is -0.439 e. The lowest BCUT2D eigenvalue weighted by atomic mass is 10.3. The summed E-state index contributed by atoms with van der Waals surface area (Å²) in [6.07, 6.45) is 10.7. The molecule has 4 rings (SSSR count). The van der Waals surface area contributed by atoms with Gasteiger partial charge in [0.25, 0.3) is 5.01 Å². The van der Waals surface area contributed by atoms with Gasteiger partial charge in [0.05, 0.1) is 10.7 Å². The van der Waals surface area contributed by atoms with Gasteiger partial charge in [0, 0.05) is 17.5 Å². The van der Waals surface area contributed by atoms with Gasteiger partial charge in [-0.05, 0) is 37.3 Å². The maximum absolute atomic E-state index is 5.72. The van der Waals surface area contributed by atoms with Gasteiger partial charge >= 0.3 is 5.88 Å². The van der Waals surface area contributed by atoms with Crippen LogP contribution in [0.2, 0.25) is 0 Å². The van der Waals surface area contributed by atoms with Crippen LogP contribution in [0, 0.1) is 0 Å². The van der Waals surface area contributed by atoms with Crippen molar-refractivity contribution in [3.63, 3.8) is 0 Å². The van der Waals surface area contributed by atoms with E-state index in [9.17, 15) is 0 Å². The van der Waals surface area contributed by atoms with E-state index in [1.54, 1.807) is 11.3 Å². The Bertz CT molecular complexity index is 864. The van der Waals surface area contributed by atoms with Gasteiger partial charge in [0.15, 0.2) is 0 Å². The molecule has 0 bridgehead atoms. The van der Waals surface area contributed by atoms with Gasteiger partial charge in [-0.15, -0.1) is 0 Å². The van der Waals surface area contributed by atoms with Crippen LogP contribution in [-0.4, -0.2) is 13.2 Å². The summed E-state index contributed by atoms with van der Waals surface area (Å²) in [5, 5.41) is 2.46. The lowest BCUT2D eigenvalue weighted by Gasteiger charge is -2.17. The van der Waals surface area contributed by atoms with Crippen LogP contribution in [-0.2, 0) is 7.05 Å². The molecule has 3 nitrogen and oxygen atoms in total. The highest BCUT2D eigenvalue weighted by molar-refractivity contribution is 8.03. The molecule has 24 heavy (non-hydrogen) atoms. The van der Waals surface area contributed by atoms with E-state index < -0.39 is 0 Å². The molecule has 1 aromatic carbocycles. The maximum Gasteiger partial charge on any atom is 0.387 e. The molecule has 3 heterocycles. The molecule has 0 unspecified atom stereocenters. The third kappa shape index (κ3) is 2.68. The number of benzene rings is 1. The van der Waals surface area contributed by atoms with E-state index in [2.05, 4.69) is 78.1 Å². The Hall–Kier alpha value is -1.98. The highest BCUT2D eigenvalue weighted by Gasteiger charge is 2.24. The van der Waals surface area contributed by atoms with Crippen molar-refractivity contribution in [3.05, 3.63) is 57.4 Å². The van der Waals surface area contributed by atoms with E-state index in [4.69, 9.17) is 4.74 Å². The third-order valence-corrected chi connectivity index (χ3v) is 6.36. The van der Waals surface area contributed by atoms with Crippen LogP contribution in [0.25, 0.3) is 12.2 Å². The average Bonchev–Trinajstić information content (AvgIpc) is 3.13. The van der Waals surface area contributed by atoms with E-state index in [-0.39, 0.29) is 0 Å². The van der Waals surface area contributed by atoms with Gasteiger partial charge in [-0.1, -0.05) is 41.3 Å². The minimum atomic E-state index is 0.658. The van der Waals surface area contributed by atoms with Crippen molar-refractivity contribution < 1.29 is 9.30 Å². The van der Waals surface area contributed by atoms with E-state index in [0.717, 1.165) is 12.4 Å². The molecule has 0 saturated heterocycles. The number of nitrogens with zero attached hydrogens (tertiary/aromatic N) is 2. The van der Waals surface area contributed by atoms with Crippen molar-refractivity contribution in [2.24, 2.45) is 7.05 Å². The number of aromatic nitrogens is 1. The summed E-state index contributed by atoms with van der Waals surface area (Å²) in [6.45, 7) is 3.83. The third-order valence-electron chi connectivity index (χ3n) is 4.08. The summed E-state index contributed by atoms with van der Waals surface area (Å²) in [5.74, 6) is 0.965. The lowest BCUT2D eigenvalue weighted by Crippen LogP contribution is -2.31. The molecular weight excluding hydrogens is 336 g/mol. The second-order valence-electron chi connectivity index (χ2n) is 5.56. The molecule has 0 fully saturated rings. The molecule has 5 heteroatoms. The van der Waals surface area contributed by atoms with Crippen LogP contribution in [0.5, 0.6) is 5.88 Å². The molecule has 2 aliphatic heterocycles. The Balaban J connectivity index is 1.59. The topological polar surface area (TPSA) is 16.4 Å². The molecule has 0 radical (unpaired) electrons. The number of rotatable bonds is 3. The van der Waals surface area contributed by atoms with Crippen LogP contribution in [0.15, 0.2) is 52.4 Å². The number of allylic oxidation sites excluding steroid dienone is 2. The second-order valence-corrected chi connectivity index (χ2v) is 7.68. The average molecular weight is 356 g/mol. The summed E-state index contributed by atoms with van der Waals surface area (Å²) in [7, 11) is 2.06. The van der Waals surface area contributed by atoms with Crippen LogP contribution in [0.3, 0.4) is 0 Å². The summed E-state index contributed by atoms with van der Waals surface area (Å²) in [4.78, 5) is 4.87. The summed E-state index contributed by atoms with van der Waals surface area (Å²) < 4.78 is 7.83. The van der Waals surface area contributed by atoms with Crippen molar-refractivity contribution in [3.8, 4) is 5.88 Å². The first-order valence-corrected chi connectivity index (χ1v) is 9.66. The van der Waals surface area contributed by atoms with Gasteiger partial charge < -0.3 is 9.64 Å². The first kappa shape index (κ1) is 15.5. The molecule has 0 saturated carbocycles. The number of thioether (sulfide) groups is 1. The van der Waals surface area contributed by atoms with E-state index >= 15 is 0 Å². The fourth-order valence-electron chi connectivity index (χ4n) is 2.91. The highest BCUT2D eigenvalue weighted by Crippen LogP contribution is 2.45. The van der Waals surface area contributed by atoms with E-state index in [0.29, 0.717) is 6.61 Å². The molecule has 2 aliphatic rings. The zero-order chi connectivity index (χ0) is 16.5. The summed E-state index contributed by atoms with van der Waals surface area (Å²) in [6, 6.07) is 8.57. The number of anilines is 1. The van der Waals surface area contributed by atoms with Gasteiger partial charge in [-0.25, -0.2) is 0 Å². The molecule has 2 aromatic rings. The van der Waals surface area contributed by atoms with Crippen LogP contribution >= 0.6 is 23.1 Å². The number of thiazole rings is 1. The Labute approximate surface area is 150 Å². The summed E-state index contributed by atoms with van der Waals surface area (Å²) >= 11 is 3.59. The highest BCUT2D eigenvalue weighted by atomic mass is 32.2. The molecule has 0 N–H and O–H groups in total. The zero-order valence-corrected chi connectivity index (χ0v) is 15.4. The Morgan fingerprint density at radius 3 is 3.04 bits per heavy atom. The Morgan fingerprint density at radius 1 is 1.33 bits per heavy atom. The maximum atomic E-state index is 5.72. The van der Waals surface area contributed by atoms with Crippen molar-refractivity contribution in [2.45, 2.75) is 11.8 Å². The van der Waals surface area contributed by atoms with Gasteiger partial charge in [-0.2, -0.15) is 4.57 Å². The zero-order valence-electron chi connectivity index (χ0n) is 13.7. The number of hydrogen-bond donors (Lipinski definition) is 0. The molecule has 0 atom stereocenters. The number of hydrogen-bond acceptors (Lipinski definition) is 4. The molecule has 0 aliphatic carbocycles. The normalized spacial score (nSPS) is 17.4. The summed E-state index contributed by atoms with van der Waals surface area (Å²) in [5.41, 5.74) is 1.31. The number of para-hydroxylation sites is 1. The molecule has 0 spiro atoms. The first-order valence-electron chi connectivity index (χ1n) is 8.03. The standard InChI is InChI=1S/C19H19N2OS2/c1-3-21-14-8-4-5-9-15(14)23-18(21)12-6-11-17-20(2)19-16(24-17)10-7-13-22-19/h4-12H,3,13H2,1-2H3/q+1. The first-order chi connectivity index (χ1) is 11.8. The monoisotopic (exact) mass is 355 g/mol. The number of ether oxygens (including phenoxy) is 1. The predicted octanol–water partition coefficient (Wildman–Crippen LogP) is 4.47. The van der Waals surface area contributed by atoms with Crippen LogP contribution in [0.4, 0.5) is 5.69 Å². The quantitative estimate of drug-likeness (QED) is 0.756. The van der Waals surface area contributed by atoms with Crippen LogP contribution in [0.1, 0.15) is 16.8 Å². The van der Waals surface area contributed by atoms with Gasteiger partial charge in [-0.3, -0.25) is 0 Å². The lowest BCUT2D eigenvalue weighted by molar-refractivity contribution is -0.673. The fraction of sp³-hybridized carbons (Fsp3) is 0.211. The van der Waals surface area contributed by atoms with Crippen molar-refractivity contribution in [1.29, 1.82) is 0 Å². The SMILES string of the molecule is CCN1C(=CC=Cc2sc3c([n+]2C)OCC=C3)Sc2ccccc21. The van der Waals surface area contributed by atoms with Crippen LogP contribution < -0.4 is 14.2 Å². The smallest absolute Gasteiger partial charge is 0.387 e. The van der Waals surface area contributed by atoms with E-state index in [1.807, 2.05) is 11.8 Å². The van der Waals surface area contributed by atoms with Crippen molar-refractivity contribution in [2.75, 3.05) is 18.1 Å². The fourth-order valence-corrected chi connectivity index (χ4v) is 5.09. The largest absolute Gasteiger partial charge is 0.439 e. The number of fused-ring (bicyclic) bond motifs is 2. The van der Waals surface area contributed by atoms with Crippen molar-refractivity contribution >= 4 is 40.9 Å². The molecule has 122 valence electrons. The van der Waals surface area contributed by atoms with E-state index in [1.165, 1.54) is 25.5 Å². The Morgan fingerprint density at radius 2 is 2.21 bits per heavy atom. The minimum absolute atomic E-state index is 0.658. The van der Waals surface area contributed by atoms with Gasteiger partial charge in [0.1, 0.15) is 18.5 Å². The molecule has 0 amide bonds. The molecular formula is C19H19N2OS2+.